The Morgan fingerprint density at radius 3 is 2.42 bits per heavy atom. The van der Waals surface area contributed by atoms with Crippen LogP contribution in [0.15, 0.2) is 11.0 Å². The first-order valence-corrected chi connectivity index (χ1v) is 13.9. The van der Waals surface area contributed by atoms with Crippen molar-refractivity contribution in [1.29, 1.82) is 0 Å². The summed E-state index contributed by atoms with van der Waals surface area (Å²) in [5.41, 5.74) is 10.3. The maximum absolute atomic E-state index is 12.4. The number of phosphoric acid groups is 3. The molecule has 6 atom stereocenters. The Morgan fingerprint density at radius 2 is 1.81 bits per heavy atom. The van der Waals surface area contributed by atoms with E-state index in [2.05, 4.69) is 35.0 Å². The van der Waals surface area contributed by atoms with Gasteiger partial charge in [0.05, 0.1) is 24.1 Å². The van der Waals surface area contributed by atoms with Gasteiger partial charge in [-0.05, 0) is 0 Å². The standard InChI is InChI=1S/C14H20N5O14P3/c15-3-1-2-6-4-19(11-8(6)12(22)18-14(16)17-11)13-10(21)9(20)7(31-13)5-30-35(26,27)33-36(28,29)32-34(23,24)25/h4,7,9-10,13,20-21H,3,5,15H2,(H,26,27)(H,28,29)(H2,23,24,25)(H3,16,17,18,22)/t7-,9?,10?,13-/m1/s1. The van der Waals surface area contributed by atoms with Crippen LogP contribution in [0.2, 0.25) is 0 Å². The Labute approximate surface area is 200 Å². The summed E-state index contributed by atoms with van der Waals surface area (Å²) >= 11 is 0. The minimum atomic E-state index is -5.76. The van der Waals surface area contributed by atoms with Gasteiger partial charge in [-0.3, -0.25) is 14.3 Å². The molecule has 0 spiro atoms. The molecule has 19 nitrogen and oxygen atoms in total. The Bertz CT molecular complexity index is 1410. The van der Waals surface area contributed by atoms with Gasteiger partial charge in [0.1, 0.15) is 18.3 Å². The largest absolute Gasteiger partial charge is 0.490 e. The average Bonchev–Trinajstić information content (AvgIpc) is 3.20. The Balaban J connectivity index is 1.83. The molecule has 3 heterocycles. The molecule has 0 aliphatic carbocycles. The number of aliphatic hydroxyl groups is 2. The quantitative estimate of drug-likeness (QED) is 0.117. The summed E-state index contributed by atoms with van der Waals surface area (Å²) in [6.07, 6.45) is -5.27. The first kappa shape index (κ1) is 28.6. The number of phosphoric ester groups is 1. The number of aromatic amines is 1. The summed E-state index contributed by atoms with van der Waals surface area (Å²) in [6, 6.07) is 0. The van der Waals surface area contributed by atoms with Gasteiger partial charge in [-0.25, -0.2) is 13.7 Å². The van der Waals surface area contributed by atoms with Gasteiger partial charge in [0.25, 0.3) is 5.56 Å². The molecule has 1 fully saturated rings. The number of H-pyrrole nitrogens is 1. The van der Waals surface area contributed by atoms with Crippen molar-refractivity contribution >= 4 is 40.4 Å². The third kappa shape index (κ3) is 6.66. The molecule has 0 aromatic carbocycles. The molecule has 4 unspecified atom stereocenters. The van der Waals surface area contributed by atoms with Gasteiger partial charge in [-0.15, -0.1) is 0 Å². The van der Waals surface area contributed by atoms with E-state index in [-0.39, 0.29) is 29.1 Å². The van der Waals surface area contributed by atoms with E-state index in [4.69, 9.17) is 26.0 Å². The van der Waals surface area contributed by atoms with Crippen molar-refractivity contribution in [2.45, 2.75) is 24.5 Å². The summed E-state index contributed by atoms with van der Waals surface area (Å²) in [4.78, 5) is 54.5. The molecule has 2 aromatic heterocycles. The molecular formula is C14H20N5O14P3. The predicted octanol–water partition coefficient (Wildman–Crippen LogP) is -2.42. The highest BCUT2D eigenvalue weighted by Gasteiger charge is 2.47. The predicted molar refractivity (Wildman–Crippen MR) is 116 cm³/mol. The van der Waals surface area contributed by atoms with Crippen molar-refractivity contribution in [3.8, 4) is 11.8 Å². The molecule has 0 amide bonds. The van der Waals surface area contributed by atoms with E-state index in [1.807, 2.05) is 0 Å². The number of hydrogen-bond acceptors (Lipinski definition) is 13. The molecular weight excluding hydrogens is 555 g/mol. The maximum atomic E-state index is 12.4. The maximum Gasteiger partial charge on any atom is 0.490 e. The van der Waals surface area contributed by atoms with Gasteiger partial charge in [-0.2, -0.15) is 13.6 Å². The molecule has 11 N–H and O–H groups in total. The summed E-state index contributed by atoms with van der Waals surface area (Å²) in [6.45, 7) is -1.08. The third-order valence-corrected chi connectivity index (χ3v) is 8.26. The Morgan fingerprint density at radius 1 is 1.14 bits per heavy atom. The van der Waals surface area contributed by atoms with Crippen LogP contribution >= 0.6 is 23.5 Å². The van der Waals surface area contributed by atoms with Crippen molar-refractivity contribution in [1.82, 2.24) is 14.5 Å². The summed E-state index contributed by atoms with van der Waals surface area (Å²) in [5.74, 6) is 4.90. The lowest BCUT2D eigenvalue weighted by Gasteiger charge is -2.19. The second-order valence-electron chi connectivity index (χ2n) is 7.04. The number of aromatic nitrogens is 3. The van der Waals surface area contributed by atoms with Gasteiger partial charge < -0.3 is 50.6 Å². The van der Waals surface area contributed by atoms with E-state index in [0.29, 0.717) is 0 Å². The van der Waals surface area contributed by atoms with E-state index >= 15 is 0 Å². The number of aliphatic hydroxyl groups excluding tert-OH is 2. The van der Waals surface area contributed by atoms with E-state index in [1.165, 1.54) is 6.20 Å². The number of anilines is 1. The van der Waals surface area contributed by atoms with Crippen LogP contribution in [-0.2, 0) is 31.6 Å². The number of rotatable bonds is 8. The molecule has 1 aliphatic heterocycles. The number of fused-ring (bicyclic) bond motifs is 1. The van der Waals surface area contributed by atoms with Crippen molar-refractivity contribution in [2.24, 2.45) is 5.73 Å². The van der Waals surface area contributed by atoms with Gasteiger partial charge in [0, 0.05) is 6.20 Å². The van der Waals surface area contributed by atoms with E-state index in [1.54, 1.807) is 0 Å². The van der Waals surface area contributed by atoms with Crippen molar-refractivity contribution in [3.05, 3.63) is 22.1 Å². The molecule has 22 heteroatoms. The van der Waals surface area contributed by atoms with Crippen molar-refractivity contribution in [2.75, 3.05) is 18.9 Å². The van der Waals surface area contributed by atoms with Crippen molar-refractivity contribution in [3.63, 3.8) is 0 Å². The SMILES string of the molecule is NCC#Cc1cn([C@@H]2O[C@H](COP(=O)(O)OP(=O)(O)OP(=O)(O)O)C(O)C2O)c2nc(N)[nH]c(=O)c12. The summed E-state index contributed by atoms with van der Waals surface area (Å²) in [7, 11) is -16.9. The molecule has 0 bridgehead atoms. The highest BCUT2D eigenvalue weighted by Crippen LogP contribution is 2.66. The Hall–Kier alpha value is -1.97. The van der Waals surface area contributed by atoms with Crippen LogP contribution in [0.4, 0.5) is 5.95 Å². The number of nitrogen functional groups attached to an aromatic ring is 1. The lowest BCUT2D eigenvalue weighted by molar-refractivity contribution is -0.0500. The molecule has 2 aromatic rings. The number of nitrogens with one attached hydrogen (secondary N) is 1. The normalized spacial score (nSPS) is 25.8. The van der Waals surface area contributed by atoms with Crippen LogP contribution in [0.1, 0.15) is 11.8 Å². The first-order chi connectivity index (χ1) is 16.5. The monoisotopic (exact) mass is 575 g/mol. The van der Waals surface area contributed by atoms with E-state index in [0.717, 1.165) is 4.57 Å². The van der Waals surface area contributed by atoms with Crippen LogP contribution in [0, 0.1) is 11.8 Å². The fourth-order valence-electron chi connectivity index (χ4n) is 3.18. The molecule has 36 heavy (non-hydrogen) atoms. The summed E-state index contributed by atoms with van der Waals surface area (Å²) in [5, 5.41) is 20.8. The van der Waals surface area contributed by atoms with Gasteiger partial charge in [-0.1, -0.05) is 11.8 Å². The van der Waals surface area contributed by atoms with Crippen molar-refractivity contribution < 1.29 is 61.4 Å². The zero-order valence-corrected chi connectivity index (χ0v) is 20.3. The van der Waals surface area contributed by atoms with Gasteiger partial charge in [0.2, 0.25) is 5.95 Å². The van der Waals surface area contributed by atoms with Crippen LogP contribution in [0.5, 0.6) is 0 Å². The fraction of sp³-hybridized carbons (Fsp3) is 0.429. The highest BCUT2D eigenvalue weighted by molar-refractivity contribution is 7.66. The Kier molecular flexibility index (Phi) is 8.28. The second kappa shape index (κ2) is 10.4. The van der Waals surface area contributed by atoms with Crippen LogP contribution < -0.4 is 17.0 Å². The zero-order valence-electron chi connectivity index (χ0n) is 17.6. The lowest BCUT2D eigenvalue weighted by atomic mass is 10.1. The molecule has 200 valence electrons. The third-order valence-electron chi connectivity index (χ3n) is 4.46. The van der Waals surface area contributed by atoms with Gasteiger partial charge in [0.15, 0.2) is 11.9 Å². The highest BCUT2D eigenvalue weighted by atomic mass is 31.3. The average molecular weight is 575 g/mol. The lowest BCUT2D eigenvalue weighted by Crippen LogP contribution is -2.33. The minimum Gasteiger partial charge on any atom is -0.387 e. The number of nitrogens with two attached hydrogens (primary N) is 2. The molecule has 0 saturated carbocycles. The molecule has 3 rings (SSSR count). The second-order valence-corrected chi connectivity index (χ2v) is 11.5. The van der Waals surface area contributed by atoms with Crippen LogP contribution in [0.25, 0.3) is 11.0 Å². The fourth-order valence-corrected chi connectivity index (χ4v) is 6.21. The molecule has 1 saturated heterocycles. The van der Waals surface area contributed by atoms with Crippen LogP contribution in [0.3, 0.4) is 0 Å². The van der Waals surface area contributed by atoms with Gasteiger partial charge >= 0.3 is 23.5 Å². The van der Waals surface area contributed by atoms with Crippen LogP contribution in [-0.4, -0.2) is 75.8 Å². The first-order valence-electron chi connectivity index (χ1n) is 9.43. The number of ether oxygens (including phenoxy) is 1. The number of nitrogens with zero attached hydrogens (tertiary/aromatic N) is 2. The topological polar surface area (TPSA) is 312 Å². The zero-order chi connectivity index (χ0) is 27.1. The molecule has 1 aliphatic rings. The minimum absolute atomic E-state index is 0.0350. The molecule has 0 radical (unpaired) electrons. The number of hydrogen-bond donors (Lipinski definition) is 9. The van der Waals surface area contributed by atoms with E-state index in [9.17, 15) is 38.5 Å². The summed E-state index contributed by atoms with van der Waals surface area (Å²) < 4.78 is 52.2. The smallest absolute Gasteiger partial charge is 0.387 e. The van der Waals surface area contributed by atoms with E-state index < -0.39 is 60.2 Å².